The van der Waals surface area contributed by atoms with Crippen LogP contribution in [0.15, 0.2) is 24.3 Å². The van der Waals surface area contributed by atoms with Gasteiger partial charge in [-0.05, 0) is 32.4 Å². The van der Waals surface area contributed by atoms with Crippen LogP contribution in [0.3, 0.4) is 0 Å². The molecule has 2 rings (SSSR count). The summed E-state index contributed by atoms with van der Waals surface area (Å²) >= 11 is 6.14. The highest BCUT2D eigenvalue weighted by atomic mass is 35.5. The highest BCUT2D eigenvalue weighted by Gasteiger charge is 2.40. The quantitative estimate of drug-likeness (QED) is 0.923. The number of rotatable bonds is 3. The van der Waals surface area contributed by atoms with E-state index in [4.69, 9.17) is 17.3 Å². The van der Waals surface area contributed by atoms with Gasteiger partial charge in [-0.15, -0.1) is 0 Å². The molecule has 1 atom stereocenters. The van der Waals surface area contributed by atoms with Crippen molar-refractivity contribution in [2.45, 2.75) is 31.8 Å². The predicted octanol–water partition coefficient (Wildman–Crippen LogP) is 1.64. The van der Waals surface area contributed by atoms with Crippen molar-refractivity contribution in [3.8, 4) is 0 Å². The largest absolute Gasteiger partial charge is 0.332 e. The molecule has 1 aliphatic rings. The number of hydrogen-bond acceptors (Lipinski definition) is 3. The second-order valence-electron chi connectivity index (χ2n) is 5.88. The van der Waals surface area contributed by atoms with E-state index in [-0.39, 0.29) is 11.8 Å². The Morgan fingerprint density at radius 1 is 1.43 bits per heavy atom. The minimum absolute atomic E-state index is 0.122. The summed E-state index contributed by atoms with van der Waals surface area (Å²) in [5, 5.41) is 0.527. The van der Waals surface area contributed by atoms with E-state index in [0.29, 0.717) is 23.7 Å². The summed E-state index contributed by atoms with van der Waals surface area (Å²) in [5.74, 6) is -0.370. The molecule has 1 saturated heterocycles. The van der Waals surface area contributed by atoms with Crippen molar-refractivity contribution in [3.63, 3.8) is 0 Å². The highest BCUT2D eigenvalue weighted by molar-refractivity contribution is 6.34. The number of carbonyl (C=O) groups excluding carboxylic acids is 2. The van der Waals surface area contributed by atoms with Crippen LogP contribution < -0.4 is 10.6 Å². The van der Waals surface area contributed by atoms with E-state index in [2.05, 4.69) is 0 Å². The average molecular weight is 310 g/mol. The summed E-state index contributed by atoms with van der Waals surface area (Å²) in [5.41, 5.74) is 5.51. The lowest BCUT2D eigenvalue weighted by molar-refractivity contribution is -0.140. The van der Waals surface area contributed by atoms with Crippen LogP contribution in [-0.2, 0) is 9.59 Å². The van der Waals surface area contributed by atoms with Crippen molar-refractivity contribution >= 4 is 29.1 Å². The molecular formula is C15H20ClN3O2. The van der Waals surface area contributed by atoms with Gasteiger partial charge in [-0.25, -0.2) is 0 Å². The number of hydrogen-bond donors (Lipinski definition) is 1. The molecule has 0 aromatic heterocycles. The maximum atomic E-state index is 12.6. The van der Waals surface area contributed by atoms with E-state index in [1.165, 1.54) is 4.90 Å². The number of anilines is 1. The maximum absolute atomic E-state index is 12.6. The van der Waals surface area contributed by atoms with E-state index in [1.807, 2.05) is 12.1 Å². The number of nitrogens with zero attached hydrogens (tertiary/aromatic N) is 2. The third-order valence-corrected chi connectivity index (χ3v) is 3.98. The minimum Gasteiger partial charge on any atom is -0.332 e. The molecule has 21 heavy (non-hydrogen) atoms. The fourth-order valence-corrected chi connectivity index (χ4v) is 2.77. The van der Waals surface area contributed by atoms with Gasteiger partial charge in [0.05, 0.1) is 16.2 Å². The Bertz CT molecular complexity index is 568. The molecule has 0 radical (unpaired) electrons. The predicted molar refractivity (Wildman–Crippen MR) is 83.2 cm³/mol. The maximum Gasteiger partial charge on any atom is 0.249 e. The van der Waals surface area contributed by atoms with Crippen LogP contribution in [-0.4, -0.2) is 41.9 Å². The number of nitrogens with two attached hydrogens (primary N) is 1. The molecule has 6 heteroatoms. The fraction of sp³-hybridized carbons (Fsp3) is 0.467. The van der Waals surface area contributed by atoms with Crippen LogP contribution in [0.1, 0.15) is 20.3 Å². The highest BCUT2D eigenvalue weighted by Crippen LogP contribution is 2.30. The normalized spacial score (nSPS) is 19.0. The summed E-state index contributed by atoms with van der Waals surface area (Å²) in [6.07, 6.45) is 0.572. The molecule has 2 N–H and O–H groups in total. The first kappa shape index (κ1) is 15.8. The number of para-hydroxylation sites is 1. The molecule has 0 saturated carbocycles. The van der Waals surface area contributed by atoms with Gasteiger partial charge in [-0.3, -0.25) is 9.59 Å². The number of likely N-dealkylation sites (N-methyl/N-ethyl adjacent to an activating group) is 1. The molecule has 0 aliphatic carbocycles. The van der Waals surface area contributed by atoms with Crippen molar-refractivity contribution in [3.05, 3.63) is 29.3 Å². The molecule has 1 fully saturated rings. The van der Waals surface area contributed by atoms with Crippen molar-refractivity contribution in [1.29, 1.82) is 0 Å². The summed E-state index contributed by atoms with van der Waals surface area (Å²) in [7, 11) is 1.62. The van der Waals surface area contributed by atoms with Gasteiger partial charge in [-0.2, -0.15) is 0 Å². The lowest BCUT2D eigenvalue weighted by Gasteiger charge is -2.29. The zero-order valence-electron chi connectivity index (χ0n) is 12.5. The Hall–Kier alpha value is -1.59. The smallest absolute Gasteiger partial charge is 0.249 e. The Morgan fingerprint density at radius 3 is 2.62 bits per heavy atom. The Balaban J connectivity index is 2.19. The molecule has 1 heterocycles. The van der Waals surface area contributed by atoms with Gasteiger partial charge in [-0.1, -0.05) is 23.7 Å². The third kappa shape index (κ3) is 3.04. The zero-order chi connectivity index (χ0) is 15.8. The molecule has 1 aromatic carbocycles. The van der Waals surface area contributed by atoms with E-state index >= 15 is 0 Å². The Morgan fingerprint density at radius 2 is 2.05 bits per heavy atom. The van der Waals surface area contributed by atoms with Crippen LogP contribution in [0.4, 0.5) is 5.69 Å². The molecule has 1 aromatic rings. The second-order valence-corrected chi connectivity index (χ2v) is 6.29. The van der Waals surface area contributed by atoms with Crippen LogP contribution in [0, 0.1) is 0 Å². The van der Waals surface area contributed by atoms with Crippen molar-refractivity contribution < 1.29 is 9.59 Å². The standard InChI is InChI=1S/C15H20ClN3O2/c1-15(2,17)14(21)18(3)12-8-9-19(13(12)20)11-7-5-4-6-10(11)16/h4-7,12H,8-9,17H2,1-3H3. The Labute approximate surface area is 129 Å². The van der Waals surface area contributed by atoms with Gasteiger partial charge in [0.1, 0.15) is 6.04 Å². The van der Waals surface area contributed by atoms with E-state index in [9.17, 15) is 9.59 Å². The van der Waals surface area contributed by atoms with Gasteiger partial charge < -0.3 is 15.5 Å². The van der Waals surface area contributed by atoms with Gasteiger partial charge in [0.15, 0.2) is 0 Å². The summed E-state index contributed by atoms with van der Waals surface area (Å²) < 4.78 is 0. The molecule has 114 valence electrons. The van der Waals surface area contributed by atoms with Crippen molar-refractivity contribution in [2.75, 3.05) is 18.5 Å². The Kier molecular flexibility index (Phi) is 4.25. The third-order valence-electron chi connectivity index (χ3n) is 3.66. The molecule has 5 nitrogen and oxygen atoms in total. The van der Waals surface area contributed by atoms with Gasteiger partial charge in [0.2, 0.25) is 11.8 Å². The number of halogens is 1. The summed E-state index contributed by atoms with van der Waals surface area (Å²) in [6, 6.07) is 6.71. The van der Waals surface area contributed by atoms with E-state index in [0.717, 1.165) is 0 Å². The van der Waals surface area contributed by atoms with E-state index in [1.54, 1.807) is 37.9 Å². The molecule has 0 bridgehead atoms. The molecule has 1 aliphatic heterocycles. The lowest BCUT2D eigenvalue weighted by atomic mass is 10.0. The van der Waals surface area contributed by atoms with Crippen LogP contribution in [0.5, 0.6) is 0 Å². The fourth-order valence-electron chi connectivity index (χ4n) is 2.53. The molecule has 0 spiro atoms. The van der Waals surface area contributed by atoms with E-state index < -0.39 is 11.6 Å². The number of carbonyl (C=O) groups is 2. The van der Waals surface area contributed by atoms with Gasteiger partial charge in [0.25, 0.3) is 0 Å². The van der Waals surface area contributed by atoms with Gasteiger partial charge in [0, 0.05) is 13.6 Å². The molecule has 1 unspecified atom stereocenters. The zero-order valence-corrected chi connectivity index (χ0v) is 13.2. The topological polar surface area (TPSA) is 66.6 Å². The molecular weight excluding hydrogens is 290 g/mol. The number of amides is 2. The second kappa shape index (κ2) is 5.66. The average Bonchev–Trinajstić information content (AvgIpc) is 2.78. The monoisotopic (exact) mass is 309 g/mol. The van der Waals surface area contributed by atoms with Crippen LogP contribution in [0.2, 0.25) is 5.02 Å². The first-order valence-corrected chi connectivity index (χ1v) is 7.23. The minimum atomic E-state index is -0.993. The summed E-state index contributed by atoms with van der Waals surface area (Å²) in [6.45, 7) is 3.81. The number of benzene rings is 1. The SMILES string of the molecule is CN(C(=O)C(C)(C)N)C1CCN(c2ccccc2Cl)C1=O. The van der Waals surface area contributed by atoms with Gasteiger partial charge >= 0.3 is 0 Å². The first-order chi connectivity index (χ1) is 9.73. The molecule has 2 amide bonds. The van der Waals surface area contributed by atoms with Crippen molar-refractivity contribution in [1.82, 2.24) is 4.90 Å². The van der Waals surface area contributed by atoms with Crippen LogP contribution in [0.25, 0.3) is 0 Å². The van der Waals surface area contributed by atoms with Crippen LogP contribution >= 0.6 is 11.6 Å². The summed E-state index contributed by atoms with van der Waals surface area (Å²) in [4.78, 5) is 27.8. The first-order valence-electron chi connectivity index (χ1n) is 6.85. The lowest BCUT2D eigenvalue weighted by Crippen LogP contribution is -2.54. The van der Waals surface area contributed by atoms with Crippen molar-refractivity contribution in [2.24, 2.45) is 5.73 Å².